The molecule has 0 aromatic rings. The van der Waals surface area contributed by atoms with Crippen LogP contribution in [0.5, 0.6) is 0 Å². The van der Waals surface area contributed by atoms with E-state index in [9.17, 15) is 0 Å². The molecule has 0 spiro atoms. The van der Waals surface area contributed by atoms with Crippen LogP contribution >= 0.6 is 0 Å². The van der Waals surface area contributed by atoms with Crippen LogP contribution in [0.3, 0.4) is 0 Å². The third-order valence-electron chi connectivity index (χ3n) is 0.341. The van der Waals surface area contributed by atoms with Crippen molar-refractivity contribution in [1.82, 2.24) is 0 Å². The Balaban J connectivity index is -0.0000000267. The van der Waals surface area contributed by atoms with Crippen molar-refractivity contribution >= 4 is 0 Å². The SMILES string of the molecule is CC(O)CN.[Cu+2].[OH-].[OH-]. The summed E-state index contributed by atoms with van der Waals surface area (Å²) in [5, 5.41) is 8.24. The van der Waals surface area contributed by atoms with Crippen LogP contribution in [0.1, 0.15) is 6.92 Å². The van der Waals surface area contributed by atoms with Crippen molar-refractivity contribution < 1.29 is 33.1 Å². The van der Waals surface area contributed by atoms with Crippen LogP contribution in [-0.4, -0.2) is 28.7 Å². The number of hydrogen-bond acceptors (Lipinski definition) is 4. The van der Waals surface area contributed by atoms with Gasteiger partial charge in [-0.2, -0.15) is 0 Å². The van der Waals surface area contributed by atoms with E-state index in [1.54, 1.807) is 6.92 Å². The average Bonchev–Trinajstić information content (AvgIpc) is 1.38. The Bertz CT molecular complexity index is 28.5. The van der Waals surface area contributed by atoms with Gasteiger partial charge in [0.05, 0.1) is 6.10 Å². The van der Waals surface area contributed by atoms with Gasteiger partial charge in [-0.25, -0.2) is 0 Å². The van der Waals surface area contributed by atoms with E-state index in [2.05, 4.69) is 0 Å². The van der Waals surface area contributed by atoms with E-state index >= 15 is 0 Å². The standard InChI is InChI=1S/C3H9NO.Cu.2H2O/c1-3(5)2-4;;;/h3,5H,2,4H2,1H3;;2*1H2/q;+2;;/p-2. The molecule has 0 fully saturated rings. The number of nitrogens with two attached hydrogens (primary N) is 1. The van der Waals surface area contributed by atoms with E-state index in [4.69, 9.17) is 10.8 Å². The number of hydrogen-bond donors (Lipinski definition) is 2. The first-order chi connectivity index (χ1) is 2.27. The second-order valence-corrected chi connectivity index (χ2v) is 1.08. The summed E-state index contributed by atoms with van der Waals surface area (Å²) in [6.45, 7) is 2.01. The molecule has 0 amide bonds. The number of aliphatic hydroxyl groups excluding tert-OH is 1. The van der Waals surface area contributed by atoms with E-state index in [-0.39, 0.29) is 34.1 Å². The fourth-order valence-corrected chi connectivity index (χ4v) is 0. The zero-order valence-corrected chi connectivity index (χ0v) is 5.45. The second-order valence-electron chi connectivity index (χ2n) is 1.08. The molecular weight excluding hydrogens is 162 g/mol. The van der Waals surface area contributed by atoms with Crippen molar-refractivity contribution in [2.45, 2.75) is 13.0 Å². The summed E-state index contributed by atoms with van der Waals surface area (Å²) in [5.74, 6) is 0. The van der Waals surface area contributed by atoms with Gasteiger partial charge in [0.2, 0.25) is 0 Å². The maximum atomic E-state index is 8.24. The minimum Gasteiger partial charge on any atom is -0.870 e. The molecule has 0 bridgehead atoms. The van der Waals surface area contributed by atoms with Crippen LogP contribution in [0, 0.1) is 0 Å². The molecule has 5 heteroatoms. The molecule has 0 aliphatic rings. The zero-order valence-electron chi connectivity index (χ0n) is 4.50. The monoisotopic (exact) mass is 172 g/mol. The van der Waals surface area contributed by atoms with E-state index < -0.39 is 0 Å². The summed E-state index contributed by atoms with van der Waals surface area (Å²) < 4.78 is 0. The Hall–Kier alpha value is 0.359. The summed E-state index contributed by atoms with van der Waals surface area (Å²) in [6.07, 6.45) is -0.338. The van der Waals surface area contributed by atoms with E-state index in [1.165, 1.54) is 0 Å². The predicted molar refractivity (Wildman–Crippen MR) is 24.6 cm³/mol. The molecule has 4 nitrogen and oxygen atoms in total. The van der Waals surface area contributed by atoms with Gasteiger partial charge in [0.25, 0.3) is 0 Å². The molecule has 0 heterocycles. The van der Waals surface area contributed by atoms with Crippen LogP contribution in [0.15, 0.2) is 0 Å². The molecule has 0 aromatic heterocycles. The third kappa shape index (κ3) is 32.8. The summed E-state index contributed by atoms with van der Waals surface area (Å²) in [5.41, 5.74) is 4.92. The largest absolute Gasteiger partial charge is 2.00 e. The number of rotatable bonds is 1. The Morgan fingerprint density at radius 2 is 1.62 bits per heavy atom. The molecule has 0 saturated heterocycles. The number of aliphatic hydroxyl groups is 1. The van der Waals surface area contributed by atoms with Gasteiger partial charge in [-0.1, -0.05) is 0 Å². The maximum absolute atomic E-state index is 8.24. The van der Waals surface area contributed by atoms with Crippen molar-refractivity contribution in [3.63, 3.8) is 0 Å². The van der Waals surface area contributed by atoms with Crippen LogP contribution in [-0.2, 0) is 17.1 Å². The average molecular weight is 173 g/mol. The maximum Gasteiger partial charge on any atom is 2.00 e. The molecule has 57 valence electrons. The molecule has 1 radical (unpaired) electrons. The van der Waals surface area contributed by atoms with Gasteiger partial charge in [-0.05, 0) is 6.92 Å². The second kappa shape index (κ2) is 15.7. The van der Waals surface area contributed by atoms with Crippen LogP contribution in [0.25, 0.3) is 0 Å². The molecule has 8 heavy (non-hydrogen) atoms. The Morgan fingerprint density at radius 1 is 1.50 bits per heavy atom. The zero-order chi connectivity index (χ0) is 4.28. The fraction of sp³-hybridized carbons (Fsp3) is 1.00. The Kier molecular flexibility index (Phi) is 46.6. The molecule has 0 aliphatic heterocycles. The Morgan fingerprint density at radius 3 is 1.62 bits per heavy atom. The van der Waals surface area contributed by atoms with Gasteiger partial charge in [-0.3, -0.25) is 0 Å². The van der Waals surface area contributed by atoms with E-state index in [0.29, 0.717) is 6.54 Å². The van der Waals surface area contributed by atoms with Crippen molar-refractivity contribution in [2.24, 2.45) is 5.73 Å². The van der Waals surface area contributed by atoms with Gasteiger partial charge in [0.15, 0.2) is 0 Å². The smallest absolute Gasteiger partial charge is 0.870 e. The van der Waals surface area contributed by atoms with Gasteiger partial charge < -0.3 is 21.8 Å². The minimum atomic E-state index is -0.338. The topological polar surface area (TPSA) is 106 Å². The van der Waals surface area contributed by atoms with Crippen molar-refractivity contribution in [1.29, 1.82) is 0 Å². The normalized spacial score (nSPS) is 9.38. The van der Waals surface area contributed by atoms with Crippen LogP contribution in [0.2, 0.25) is 0 Å². The van der Waals surface area contributed by atoms with E-state index in [0.717, 1.165) is 0 Å². The van der Waals surface area contributed by atoms with Gasteiger partial charge in [0, 0.05) is 6.54 Å². The molecular formula is C3H11CuNO3. The van der Waals surface area contributed by atoms with Crippen LogP contribution in [0.4, 0.5) is 0 Å². The minimum absolute atomic E-state index is 0. The van der Waals surface area contributed by atoms with Gasteiger partial charge in [-0.15, -0.1) is 0 Å². The summed E-state index contributed by atoms with van der Waals surface area (Å²) in [6, 6.07) is 0. The van der Waals surface area contributed by atoms with Gasteiger partial charge in [0.1, 0.15) is 0 Å². The fourth-order valence-electron chi connectivity index (χ4n) is 0. The van der Waals surface area contributed by atoms with Crippen molar-refractivity contribution in [2.75, 3.05) is 6.54 Å². The molecule has 1 atom stereocenters. The van der Waals surface area contributed by atoms with Crippen molar-refractivity contribution in [3.8, 4) is 0 Å². The summed E-state index contributed by atoms with van der Waals surface area (Å²) >= 11 is 0. The third-order valence-corrected chi connectivity index (χ3v) is 0.341. The molecule has 1 unspecified atom stereocenters. The quantitative estimate of drug-likeness (QED) is 0.494. The first kappa shape index (κ1) is 23.8. The molecule has 5 N–H and O–H groups in total. The first-order valence-electron chi connectivity index (χ1n) is 1.65. The van der Waals surface area contributed by atoms with E-state index in [1.807, 2.05) is 0 Å². The summed E-state index contributed by atoms with van der Waals surface area (Å²) in [7, 11) is 0. The molecule has 0 saturated carbocycles. The first-order valence-corrected chi connectivity index (χ1v) is 1.65. The summed E-state index contributed by atoms with van der Waals surface area (Å²) in [4.78, 5) is 0. The molecule has 0 rings (SSSR count). The predicted octanol–water partition coefficient (Wildman–Crippen LogP) is -1.03. The molecule has 0 aliphatic carbocycles. The van der Waals surface area contributed by atoms with Crippen LogP contribution < -0.4 is 5.73 Å². The Labute approximate surface area is 59.2 Å². The van der Waals surface area contributed by atoms with Gasteiger partial charge >= 0.3 is 17.1 Å². The van der Waals surface area contributed by atoms with Crippen molar-refractivity contribution in [3.05, 3.63) is 0 Å². The molecule has 0 aromatic carbocycles.